The van der Waals surface area contributed by atoms with Gasteiger partial charge in [0.1, 0.15) is 0 Å². The van der Waals surface area contributed by atoms with Crippen LogP contribution in [0.25, 0.3) is 34.4 Å². The lowest BCUT2D eigenvalue weighted by molar-refractivity contribution is 0.968. The number of hydrogen-bond donors (Lipinski definition) is 0. The maximum absolute atomic E-state index is 2.62. The second-order valence-electron chi connectivity index (χ2n) is 11.8. The van der Waals surface area contributed by atoms with Gasteiger partial charge in [0.2, 0.25) is 0 Å². The van der Waals surface area contributed by atoms with Crippen molar-refractivity contribution in [1.82, 2.24) is 0 Å². The van der Waals surface area contributed by atoms with E-state index < -0.39 is 8.07 Å². The fourth-order valence-corrected chi connectivity index (χ4v) is 12.2. The molecule has 184 valence electrons. The van der Waals surface area contributed by atoms with Gasteiger partial charge >= 0.3 is 0 Å². The monoisotopic (exact) mass is 496 g/mol. The van der Waals surface area contributed by atoms with E-state index in [-0.39, 0.29) is 0 Å². The molecule has 4 aromatic carbocycles. The summed E-state index contributed by atoms with van der Waals surface area (Å²) in [6.45, 7) is 14.3. The van der Waals surface area contributed by atoms with Gasteiger partial charge in [0, 0.05) is 11.1 Å². The van der Waals surface area contributed by atoms with Crippen molar-refractivity contribution in [1.29, 1.82) is 0 Å². The molecule has 0 N–H and O–H groups in total. The molecule has 4 aromatic rings. The number of hydrogen-bond acceptors (Lipinski definition) is 0. The quantitative estimate of drug-likeness (QED) is 0.247. The van der Waals surface area contributed by atoms with Crippen LogP contribution in [0.5, 0.6) is 0 Å². The fourth-order valence-electron chi connectivity index (χ4n) is 7.22. The summed E-state index contributed by atoms with van der Waals surface area (Å²) in [4.78, 5) is 0. The zero-order chi connectivity index (χ0) is 25.9. The Hall–Kier alpha value is -3.42. The Morgan fingerprint density at radius 3 is 1.24 bits per heavy atom. The van der Waals surface area contributed by atoms with Crippen LogP contribution >= 0.6 is 0 Å². The van der Waals surface area contributed by atoms with Crippen LogP contribution in [0.2, 0.25) is 13.1 Å². The lowest BCUT2D eigenvalue weighted by atomic mass is 9.96. The molecular formula is C36H36Si. The number of rotatable bonds is 4. The summed E-state index contributed by atoms with van der Waals surface area (Å²) in [5.41, 5.74) is 18.0. The smallest absolute Gasteiger partial charge is 0.0679 e. The van der Waals surface area contributed by atoms with Crippen LogP contribution in [0.15, 0.2) is 96.1 Å². The van der Waals surface area contributed by atoms with Crippen molar-refractivity contribution in [2.24, 2.45) is 0 Å². The molecule has 37 heavy (non-hydrogen) atoms. The van der Waals surface area contributed by atoms with Crippen LogP contribution in [-0.4, -0.2) is 8.07 Å². The fraction of sp³-hybridized carbons (Fsp3) is 0.222. The molecule has 0 amide bonds. The van der Waals surface area contributed by atoms with Crippen molar-refractivity contribution in [3.05, 3.63) is 129 Å². The largest absolute Gasteiger partial charge is 0.0722 e. The molecule has 0 aromatic heterocycles. The highest BCUT2D eigenvalue weighted by Crippen LogP contribution is 2.54. The molecule has 1 heteroatoms. The number of benzene rings is 4. The zero-order valence-corrected chi connectivity index (χ0v) is 23.9. The van der Waals surface area contributed by atoms with Crippen molar-refractivity contribution >= 4 is 20.2 Å². The van der Waals surface area contributed by atoms with E-state index in [2.05, 4.69) is 138 Å². The molecule has 0 saturated heterocycles. The zero-order valence-electron chi connectivity index (χ0n) is 22.9. The molecule has 0 spiro atoms. The van der Waals surface area contributed by atoms with Crippen LogP contribution in [0.1, 0.15) is 58.3 Å². The SMILES string of the molecule is CC1=Cc2c(-c3ccc(C)cc3)cccc2C1[Si](C)(C)C1C(C)=Cc2c(-c3ccc(C)cc3)cccc21. The Balaban J connectivity index is 1.44. The van der Waals surface area contributed by atoms with Gasteiger partial charge in [0.25, 0.3) is 0 Å². The van der Waals surface area contributed by atoms with E-state index in [9.17, 15) is 0 Å². The molecule has 0 radical (unpaired) electrons. The van der Waals surface area contributed by atoms with Crippen LogP contribution in [0.3, 0.4) is 0 Å². The Bertz CT molecular complexity index is 1440. The molecule has 2 aliphatic rings. The van der Waals surface area contributed by atoms with Crippen LogP contribution in [0, 0.1) is 13.8 Å². The van der Waals surface area contributed by atoms with E-state index >= 15 is 0 Å². The van der Waals surface area contributed by atoms with Crippen LogP contribution < -0.4 is 0 Å². The van der Waals surface area contributed by atoms with E-state index in [0.717, 1.165) is 0 Å². The van der Waals surface area contributed by atoms with Gasteiger partial charge in [-0.3, -0.25) is 0 Å². The lowest BCUT2D eigenvalue weighted by Gasteiger charge is -2.39. The van der Waals surface area contributed by atoms with Gasteiger partial charge < -0.3 is 0 Å². The topological polar surface area (TPSA) is 0 Å². The van der Waals surface area contributed by atoms with Gasteiger partial charge in [-0.05, 0) is 72.2 Å². The summed E-state index contributed by atoms with van der Waals surface area (Å²) in [6, 6.07) is 32.0. The minimum atomic E-state index is -1.87. The molecule has 2 atom stereocenters. The molecular weight excluding hydrogens is 460 g/mol. The Labute approximate surface area is 223 Å². The molecule has 0 saturated carbocycles. The van der Waals surface area contributed by atoms with Gasteiger partial charge in [0.05, 0.1) is 8.07 Å². The second-order valence-corrected chi connectivity index (χ2v) is 16.6. The Morgan fingerprint density at radius 1 is 0.486 bits per heavy atom. The number of fused-ring (bicyclic) bond motifs is 2. The molecule has 0 aliphatic heterocycles. The average Bonchev–Trinajstić information content (AvgIpc) is 3.41. The third-order valence-electron chi connectivity index (χ3n) is 8.77. The molecule has 0 nitrogen and oxygen atoms in total. The lowest BCUT2D eigenvalue weighted by Crippen LogP contribution is -2.42. The highest BCUT2D eigenvalue weighted by atomic mass is 28.3. The summed E-state index contributed by atoms with van der Waals surface area (Å²) in [5.74, 6) is 0. The first-order chi connectivity index (χ1) is 17.8. The molecule has 0 bridgehead atoms. The van der Waals surface area contributed by atoms with Crippen molar-refractivity contribution in [2.75, 3.05) is 0 Å². The summed E-state index contributed by atoms with van der Waals surface area (Å²) in [7, 11) is -1.87. The minimum Gasteiger partial charge on any atom is -0.0679 e. The molecule has 6 rings (SSSR count). The molecule has 2 aliphatic carbocycles. The summed E-state index contributed by atoms with van der Waals surface area (Å²) >= 11 is 0. The highest BCUT2D eigenvalue weighted by molar-refractivity contribution is 6.81. The molecule has 2 unspecified atom stereocenters. The maximum Gasteiger partial charge on any atom is 0.0722 e. The van der Waals surface area contributed by atoms with E-state index in [4.69, 9.17) is 0 Å². The standard InChI is InChI=1S/C36H36Si/c1-23-13-17-27(18-14-23)29-9-7-11-31-33(29)21-25(3)35(31)37(5,6)36-26(4)22-34-30(10-8-12-32(34)36)28-19-15-24(2)16-20-28/h7-22,35-36H,1-6H3. The Kier molecular flexibility index (Phi) is 5.73. The van der Waals surface area contributed by atoms with Crippen molar-refractivity contribution in [3.8, 4) is 22.3 Å². The summed E-state index contributed by atoms with van der Waals surface area (Å²) < 4.78 is 0. The van der Waals surface area contributed by atoms with Crippen LogP contribution in [-0.2, 0) is 0 Å². The van der Waals surface area contributed by atoms with Crippen LogP contribution in [0.4, 0.5) is 0 Å². The normalized spacial score (nSPS) is 18.3. The van der Waals surface area contributed by atoms with Gasteiger partial charge in [-0.25, -0.2) is 0 Å². The van der Waals surface area contributed by atoms with E-state index in [0.29, 0.717) is 11.1 Å². The van der Waals surface area contributed by atoms with Gasteiger partial charge in [-0.15, -0.1) is 0 Å². The Morgan fingerprint density at radius 2 is 0.865 bits per heavy atom. The van der Waals surface area contributed by atoms with Crippen molar-refractivity contribution < 1.29 is 0 Å². The van der Waals surface area contributed by atoms with E-state index in [1.807, 2.05) is 0 Å². The number of aryl methyl sites for hydroxylation is 2. The third-order valence-corrected chi connectivity index (χ3v) is 13.3. The first-order valence-electron chi connectivity index (χ1n) is 13.5. The average molecular weight is 497 g/mol. The predicted octanol–water partition coefficient (Wildman–Crippen LogP) is 10.1. The molecule has 0 fully saturated rings. The van der Waals surface area contributed by atoms with Gasteiger partial charge in [-0.2, -0.15) is 0 Å². The minimum absolute atomic E-state index is 0.509. The first-order valence-corrected chi connectivity index (χ1v) is 16.7. The first kappa shape index (κ1) is 23.9. The van der Waals surface area contributed by atoms with Crippen molar-refractivity contribution in [2.45, 2.75) is 51.9 Å². The van der Waals surface area contributed by atoms with E-state index in [1.165, 1.54) is 66.8 Å². The number of allylic oxidation sites excluding steroid dienone is 2. The van der Waals surface area contributed by atoms with E-state index in [1.54, 1.807) is 0 Å². The summed E-state index contributed by atoms with van der Waals surface area (Å²) in [5, 5.41) is 0. The molecule has 0 heterocycles. The maximum atomic E-state index is 2.62. The van der Waals surface area contributed by atoms with Gasteiger partial charge in [0.15, 0.2) is 0 Å². The van der Waals surface area contributed by atoms with Crippen molar-refractivity contribution in [3.63, 3.8) is 0 Å². The highest BCUT2D eigenvalue weighted by Gasteiger charge is 2.47. The predicted molar refractivity (Wildman–Crippen MR) is 163 cm³/mol. The third kappa shape index (κ3) is 3.88. The second kappa shape index (κ2) is 8.85. The van der Waals surface area contributed by atoms with Gasteiger partial charge in [-0.1, -0.05) is 132 Å². The summed E-state index contributed by atoms with van der Waals surface area (Å²) in [6.07, 6.45) is 4.98.